The van der Waals surface area contributed by atoms with Gasteiger partial charge < -0.3 is 15.1 Å². The van der Waals surface area contributed by atoms with Crippen LogP contribution in [0.5, 0.6) is 0 Å². The molecule has 344 valence electrons. The Labute approximate surface area is 383 Å². The van der Waals surface area contributed by atoms with Gasteiger partial charge in [0.15, 0.2) is 0 Å². The van der Waals surface area contributed by atoms with Gasteiger partial charge in [0.1, 0.15) is 10.8 Å². The number of nitrogens with zero attached hydrogens (tertiary/aromatic N) is 2. The van der Waals surface area contributed by atoms with Crippen molar-refractivity contribution in [1.82, 2.24) is 0 Å². The number of allylic oxidation sites excluding steroid dienone is 3. The maximum atomic E-state index is 11.6. The zero-order valence-electron chi connectivity index (χ0n) is 37.6. The molecule has 0 spiro atoms. The zero-order valence-corrected chi connectivity index (χ0v) is 39.2. The van der Waals surface area contributed by atoms with Crippen molar-refractivity contribution < 1.29 is 30.6 Å². The highest BCUT2D eigenvalue weighted by molar-refractivity contribution is 8.12. The number of hydrogen-bond donors (Lipinski definition) is 1. The molecular formula is C52H61F6N3OS2. The van der Waals surface area contributed by atoms with E-state index in [0.29, 0.717) is 18.9 Å². The highest BCUT2D eigenvalue weighted by atomic mass is 32.2. The molecule has 5 atom stereocenters. The molecule has 12 heteroatoms. The quantitative estimate of drug-likeness (QED) is 0.0643. The second-order valence-electron chi connectivity index (χ2n) is 15.1. The summed E-state index contributed by atoms with van der Waals surface area (Å²) >= 11 is -0.928. The van der Waals surface area contributed by atoms with Gasteiger partial charge in [-0.25, -0.2) is 4.21 Å². The average Bonchev–Trinajstić information content (AvgIpc) is 3.29. The number of thioether (sulfide) groups is 1. The molecule has 1 fully saturated rings. The Morgan fingerprint density at radius 3 is 1.83 bits per heavy atom. The molecule has 0 amide bonds. The van der Waals surface area contributed by atoms with Gasteiger partial charge in [0.05, 0.1) is 4.58 Å². The third kappa shape index (κ3) is 13.8. The molecule has 1 aliphatic carbocycles. The van der Waals surface area contributed by atoms with Crippen LogP contribution in [0.25, 0.3) is 10.8 Å². The van der Waals surface area contributed by atoms with Crippen LogP contribution in [0.1, 0.15) is 89.8 Å². The second kappa shape index (κ2) is 24.4. The van der Waals surface area contributed by atoms with Crippen molar-refractivity contribution in [2.75, 3.05) is 28.2 Å². The number of anilines is 4. The van der Waals surface area contributed by atoms with E-state index in [1.54, 1.807) is 0 Å². The van der Waals surface area contributed by atoms with E-state index in [1.807, 2.05) is 32.1 Å². The summed E-state index contributed by atoms with van der Waals surface area (Å²) in [4.78, 5) is 4.64. The predicted octanol–water partition coefficient (Wildman–Crippen LogP) is 16.1. The van der Waals surface area contributed by atoms with E-state index in [-0.39, 0.29) is 5.92 Å². The molecular weight excluding hydrogens is 861 g/mol. The first-order valence-electron chi connectivity index (χ1n) is 21.8. The zero-order chi connectivity index (χ0) is 47.0. The molecule has 5 aromatic rings. The molecule has 6 rings (SSSR count). The van der Waals surface area contributed by atoms with Crippen molar-refractivity contribution in [3.8, 4) is 0 Å². The van der Waals surface area contributed by atoms with Crippen molar-refractivity contribution in [3.63, 3.8) is 0 Å². The van der Waals surface area contributed by atoms with E-state index in [9.17, 15) is 30.6 Å². The molecule has 1 N–H and O–H groups in total. The number of nitrogens with one attached hydrogen (secondary N) is 1. The number of fused-ring (bicyclic) bond motifs is 1. The van der Waals surface area contributed by atoms with E-state index < -0.39 is 38.2 Å². The van der Waals surface area contributed by atoms with Crippen LogP contribution in [0.4, 0.5) is 49.1 Å². The summed E-state index contributed by atoms with van der Waals surface area (Å²) < 4.78 is 77.6. The van der Waals surface area contributed by atoms with Gasteiger partial charge in [-0.15, -0.1) is 0 Å². The van der Waals surface area contributed by atoms with Crippen LogP contribution >= 0.6 is 11.8 Å². The van der Waals surface area contributed by atoms with Crippen LogP contribution in [0.15, 0.2) is 152 Å². The van der Waals surface area contributed by atoms with Crippen molar-refractivity contribution in [1.29, 1.82) is 0 Å². The molecule has 64 heavy (non-hydrogen) atoms. The minimum atomic E-state index is -5.10. The normalized spacial score (nSPS) is 16.8. The minimum absolute atomic E-state index is 0.0557. The fourth-order valence-corrected chi connectivity index (χ4v) is 9.88. The third-order valence-corrected chi connectivity index (χ3v) is 13.6. The Hall–Kier alpha value is -4.94. The van der Waals surface area contributed by atoms with Crippen LogP contribution in [0.2, 0.25) is 0 Å². The number of alkyl halides is 6. The summed E-state index contributed by atoms with van der Waals surface area (Å²) in [7, 11) is -3.49. The van der Waals surface area contributed by atoms with Gasteiger partial charge in [0.2, 0.25) is 0 Å². The van der Waals surface area contributed by atoms with Crippen molar-refractivity contribution in [2.45, 2.75) is 94.8 Å². The smallest absolute Gasteiger partial charge is 0.382 e. The summed E-state index contributed by atoms with van der Waals surface area (Å²) in [6.07, 6.45) is 10.9. The topological polar surface area (TPSA) is 35.6 Å². The fourth-order valence-electron chi connectivity index (χ4n) is 8.12. The van der Waals surface area contributed by atoms with E-state index in [4.69, 9.17) is 0 Å². The van der Waals surface area contributed by atoms with E-state index in [2.05, 4.69) is 164 Å². The van der Waals surface area contributed by atoms with Crippen molar-refractivity contribution in [2.24, 2.45) is 5.92 Å². The maximum Gasteiger partial charge on any atom is 0.472 e. The molecule has 1 aliphatic rings. The van der Waals surface area contributed by atoms with E-state index >= 15 is 0 Å². The molecule has 5 aromatic carbocycles. The molecule has 0 aliphatic heterocycles. The average molecular weight is 922 g/mol. The largest absolute Gasteiger partial charge is 0.472 e. The van der Waals surface area contributed by atoms with Gasteiger partial charge in [-0.05, 0) is 128 Å². The molecule has 0 heterocycles. The predicted molar refractivity (Wildman–Crippen MR) is 262 cm³/mol. The minimum Gasteiger partial charge on any atom is -0.382 e. The van der Waals surface area contributed by atoms with Gasteiger partial charge in [0.25, 0.3) is 0 Å². The first-order chi connectivity index (χ1) is 30.6. The fraction of sp³-hybridized carbons (Fsp3) is 0.346. The lowest BCUT2D eigenvalue weighted by atomic mass is 9.82. The van der Waals surface area contributed by atoms with Gasteiger partial charge >= 0.3 is 11.0 Å². The summed E-state index contributed by atoms with van der Waals surface area (Å²) in [5, 5.41) is 6.57. The number of benzene rings is 5. The molecule has 1 saturated carbocycles. The van der Waals surface area contributed by atoms with Crippen molar-refractivity contribution in [3.05, 3.63) is 169 Å². The van der Waals surface area contributed by atoms with Crippen LogP contribution in [-0.4, -0.2) is 38.9 Å². The first kappa shape index (κ1) is 51.7. The lowest BCUT2D eigenvalue weighted by Crippen LogP contribution is -2.30. The Balaban J connectivity index is 0.000000516. The number of halogens is 6. The lowest BCUT2D eigenvalue weighted by molar-refractivity contribution is -0.0391. The molecule has 0 aromatic heterocycles. The lowest BCUT2D eigenvalue weighted by Gasteiger charge is -2.31. The number of hydrogen-bond acceptors (Lipinski definition) is 5. The maximum absolute atomic E-state index is 11.6. The summed E-state index contributed by atoms with van der Waals surface area (Å²) in [6, 6.07) is 43.1. The Kier molecular flexibility index (Phi) is 19.7. The van der Waals surface area contributed by atoms with Gasteiger partial charge in [-0.2, -0.15) is 26.3 Å². The molecule has 0 saturated heterocycles. The van der Waals surface area contributed by atoms with E-state index in [1.165, 1.54) is 70.2 Å². The van der Waals surface area contributed by atoms with Gasteiger partial charge in [-0.1, -0.05) is 126 Å². The molecule has 0 radical (unpaired) electrons. The van der Waals surface area contributed by atoms with Crippen molar-refractivity contribution >= 4 is 56.1 Å². The highest BCUT2D eigenvalue weighted by Crippen LogP contribution is 2.42. The van der Waals surface area contributed by atoms with Gasteiger partial charge in [-0.3, -0.25) is 0 Å². The molecule has 0 bridgehead atoms. The summed E-state index contributed by atoms with van der Waals surface area (Å²) in [5.74, 6) is 0.737. The monoisotopic (exact) mass is 921 g/mol. The van der Waals surface area contributed by atoms with E-state index in [0.717, 1.165) is 24.5 Å². The Morgan fingerprint density at radius 1 is 0.766 bits per heavy atom. The Morgan fingerprint density at radius 2 is 1.31 bits per heavy atom. The molecule has 4 nitrogen and oxygen atoms in total. The number of likely N-dealkylation sites (N-methyl/N-ethyl adjacent to an activating group) is 1. The summed E-state index contributed by atoms with van der Waals surface area (Å²) in [6.45, 7) is 21.1. The number of rotatable bonds is 15. The van der Waals surface area contributed by atoms with Crippen LogP contribution in [-0.2, 0) is 10.8 Å². The van der Waals surface area contributed by atoms with Crippen LogP contribution in [0.3, 0.4) is 0 Å². The number of para-hydroxylation sites is 1. The first-order valence-corrected chi connectivity index (χ1v) is 23.9. The third-order valence-electron chi connectivity index (χ3n) is 11.1. The molecule has 5 unspecified atom stereocenters. The summed E-state index contributed by atoms with van der Waals surface area (Å²) in [5.41, 5.74) is -0.219. The Bertz CT molecular complexity index is 2280. The van der Waals surface area contributed by atoms with Crippen LogP contribution in [0, 0.1) is 5.92 Å². The van der Waals surface area contributed by atoms with Crippen LogP contribution < -0.4 is 15.1 Å². The second-order valence-corrected chi connectivity index (χ2v) is 18.6. The highest BCUT2D eigenvalue weighted by Gasteiger charge is 2.44. The van der Waals surface area contributed by atoms with Gasteiger partial charge in [0, 0.05) is 58.9 Å². The standard InChI is InChI=1S/C46H51N3.C4H4F6OS2.C2H6/c1-6-17-37(7-2)48(8-3)39-28-24-35(25-29-39)46(36-26-30-40(31-27-36)49(9-4)38-19-11-10-12-20-38)43-32-33-45(42-22-15-14-21-41(42)43)47-44-23-16-13-18-34(44)5;1-2(12-3(5,6)7)13(11)4(8,9)10;1-2/h6-7,10-12,14-15,17,19-22,24-34,44,46-47H,1-2,8-9,13,16,18,23H2,3-5H3;2H,1H3;1-2H3/b37-17+;;. The SMILES string of the molecule is C=C/C=C(\C=C)N(CC)c1ccc(C(c2ccc(N(CC)c3ccccc3)cc2)c2ccc(NC3CCCCC3C)c3ccccc23)cc1.CC.CC(SC(F)(F)F)S(=O)C(F)(F)F.